The second-order valence-corrected chi connectivity index (χ2v) is 5.59. The maximum absolute atomic E-state index is 11.5. The fraction of sp³-hybridized carbons (Fsp3) is 0.909. The Labute approximate surface area is 89.8 Å². The van der Waals surface area contributed by atoms with Crippen LogP contribution in [0.5, 0.6) is 0 Å². The van der Waals surface area contributed by atoms with Crippen molar-refractivity contribution in [1.82, 2.24) is 0 Å². The zero-order valence-electron chi connectivity index (χ0n) is 9.47. The van der Waals surface area contributed by atoms with Gasteiger partial charge < -0.3 is 4.74 Å². The highest BCUT2D eigenvalue weighted by Crippen LogP contribution is 2.31. The molecule has 0 aromatic rings. The Morgan fingerprint density at radius 2 is 2.00 bits per heavy atom. The molecule has 3 heteroatoms. The molecule has 0 aromatic heterocycles. The first kappa shape index (κ1) is 11.8. The van der Waals surface area contributed by atoms with E-state index in [9.17, 15) is 4.79 Å². The minimum atomic E-state index is -0.138. The van der Waals surface area contributed by atoms with Gasteiger partial charge in [-0.25, -0.2) is 0 Å². The molecule has 0 aliphatic heterocycles. The van der Waals surface area contributed by atoms with Crippen LogP contribution in [-0.4, -0.2) is 21.8 Å². The summed E-state index contributed by atoms with van der Waals surface area (Å²) in [6.45, 7) is 2.09. The largest absolute Gasteiger partial charge is 0.459 e. The molecule has 0 aromatic carbocycles. The molecular formula is C11H22O2Si. The lowest BCUT2D eigenvalue weighted by Gasteiger charge is -2.33. The Morgan fingerprint density at radius 1 is 1.36 bits per heavy atom. The Balaban J connectivity index is 2.29. The number of hydrogen-bond donors (Lipinski definition) is 0. The van der Waals surface area contributed by atoms with Gasteiger partial charge in [-0.3, -0.25) is 4.79 Å². The number of ether oxygens (including phenoxy) is 1. The molecule has 0 amide bonds. The van der Waals surface area contributed by atoms with Crippen LogP contribution in [0.4, 0.5) is 0 Å². The van der Waals surface area contributed by atoms with Crippen LogP contribution in [0, 0.1) is 0 Å². The fourth-order valence-corrected chi connectivity index (χ4v) is 2.40. The van der Waals surface area contributed by atoms with E-state index in [1.54, 1.807) is 0 Å². The van der Waals surface area contributed by atoms with E-state index in [1.807, 2.05) is 0 Å². The van der Waals surface area contributed by atoms with E-state index in [0.29, 0.717) is 6.42 Å². The van der Waals surface area contributed by atoms with E-state index in [-0.39, 0.29) is 11.6 Å². The van der Waals surface area contributed by atoms with Gasteiger partial charge in [0.1, 0.15) is 5.60 Å². The summed E-state index contributed by atoms with van der Waals surface area (Å²) in [7, 11) is 1.19. The van der Waals surface area contributed by atoms with Gasteiger partial charge in [0, 0.05) is 16.7 Å². The highest BCUT2D eigenvalue weighted by Gasteiger charge is 2.30. The number of carbonyl (C=O) groups is 1. The summed E-state index contributed by atoms with van der Waals surface area (Å²) < 4.78 is 5.56. The van der Waals surface area contributed by atoms with Crippen molar-refractivity contribution in [3.8, 4) is 0 Å². The number of esters is 1. The topological polar surface area (TPSA) is 26.3 Å². The van der Waals surface area contributed by atoms with Crippen molar-refractivity contribution in [2.75, 3.05) is 0 Å². The van der Waals surface area contributed by atoms with Crippen molar-refractivity contribution in [2.24, 2.45) is 0 Å². The van der Waals surface area contributed by atoms with Crippen LogP contribution in [0.15, 0.2) is 0 Å². The minimum Gasteiger partial charge on any atom is -0.459 e. The van der Waals surface area contributed by atoms with Gasteiger partial charge in [-0.1, -0.05) is 12.5 Å². The third-order valence-electron chi connectivity index (χ3n) is 3.01. The van der Waals surface area contributed by atoms with Crippen molar-refractivity contribution in [2.45, 2.75) is 63.5 Å². The summed E-state index contributed by atoms with van der Waals surface area (Å²) in [6.07, 6.45) is 7.47. The molecule has 1 fully saturated rings. The third kappa shape index (κ3) is 3.82. The summed E-state index contributed by atoms with van der Waals surface area (Å²) in [5, 5.41) is 0. The van der Waals surface area contributed by atoms with Gasteiger partial charge in [0.15, 0.2) is 0 Å². The molecule has 2 nitrogen and oxygen atoms in total. The van der Waals surface area contributed by atoms with Crippen molar-refractivity contribution in [3.05, 3.63) is 0 Å². The number of carbonyl (C=O) groups excluding carboxylic acids is 1. The van der Waals surface area contributed by atoms with E-state index < -0.39 is 0 Å². The second kappa shape index (κ2) is 5.54. The molecule has 0 heterocycles. The quantitative estimate of drug-likeness (QED) is 0.527. The zero-order valence-corrected chi connectivity index (χ0v) is 11.5. The minimum absolute atomic E-state index is 0.0188. The molecule has 0 atom stereocenters. The third-order valence-corrected chi connectivity index (χ3v) is 3.71. The molecule has 1 saturated carbocycles. The average molecular weight is 214 g/mol. The number of rotatable bonds is 4. The van der Waals surface area contributed by atoms with Crippen LogP contribution in [-0.2, 0) is 9.53 Å². The van der Waals surface area contributed by atoms with Crippen LogP contribution in [0.25, 0.3) is 0 Å². The monoisotopic (exact) mass is 214 g/mol. The first-order valence-electron chi connectivity index (χ1n) is 5.88. The standard InChI is InChI=1S/C11H22O2Si/c1-11(7-3-2-4-8-11)13-10(12)6-5-9-14/h2-9H2,1,14H3. The molecule has 0 bridgehead atoms. The van der Waals surface area contributed by atoms with E-state index >= 15 is 0 Å². The van der Waals surface area contributed by atoms with Crippen molar-refractivity contribution in [3.63, 3.8) is 0 Å². The van der Waals surface area contributed by atoms with Gasteiger partial charge in [-0.15, -0.1) is 0 Å². The van der Waals surface area contributed by atoms with Gasteiger partial charge in [0.25, 0.3) is 0 Å². The van der Waals surface area contributed by atoms with Crippen molar-refractivity contribution >= 4 is 16.2 Å². The lowest BCUT2D eigenvalue weighted by Crippen LogP contribution is -2.33. The van der Waals surface area contributed by atoms with E-state index in [0.717, 1.165) is 19.3 Å². The van der Waals surface area contributed by atoms with Crippen molar-refractivity contribution < 1.29 is 9.53 Å². The summed E-state index contributed by atoms with van der Waals surface area (Å²) >= 11 is 0. The Hall–Kier alpha value is -0.313. The molecule has 0 radical (unpaired) electrons. The maximum atomic E-state index is 11.5. The summed E-state index contributed by atoms with van der Waals surface area (Å²) in [5.41, 5.74) is -0.138. The first-order valence-corrected chi connectivity index (χ1v) is 7.29. The highest BCUT2D eigenvalue weighted by molar-refractivity contribution is 6.08. The average Bonchev–Trinajstić information content (AvgIpc) is 2.15. The molecule has 1 aliphatic carbocycles. The van der Waals surface area contributed by atoms with Crippen LogP contribution < -0.4 is 0 Å². The van der Waals surface area contributed by atoms with E-state index in [1.165, 1.54) is 35.5 Å². The van der Waals surface area contributed by atoms with Crippen LogP contribution in [0.2, 0.25) is 6.04 Å². The lowest BCUT2D eigenvalue weighted by atomic mass is 9.86. The lowest BCUT2D eigenvalue weighted by molar-refractivity contribution is -0.161. The smallest absolute Gasteiger partial charge is 0.306 e. The molecule has 0 spiro atoms. The molecule has 14 heavy (non-hydrogen) atoms. The zero-order chi connectivity index (χ0) is 10.4. The molecule has 0 N–H and O–H groups in total. The van der Waals surface area contributed by atoms with Crippen LogP contribution in [0.1, 0.15) is 51.9 Å². The Morgan fingerprint density at radius 3 is 2.57 bits per heavy atom. The van der Waals surface area contributed by atoms with Gasteiger partial charge >= 0.3 is 5.97 Å². The molecule has 82 valence electrons. The molecule has 1 aliphatic rings. The predicted octanol–water partition coefficient (Wildman–Crippen LogP) is 1.82. The van der Waals surface area contributed by atoms with Gasteiger partial charge in [-0.05, 0) is 39.0 Å². The number of hydrogen-bond acceptors (Lipinski definition) is 2. The van der Waals surface area contributed by atoms with Gasteiger partial charge in [0.05, 0.1) is 0 Å². The normalized spacial score (nSPS) is 20.6. The van der Waals surface area contributed by atoms with E-state index in [4.69, 9.17) is 4.74 Å². The van der Waals surface area contributed by atoms with Crippen LogP contribution in [0.3, 0.4) is 0 Å². The first-order chi connectivity index (χ1) is 6.66. The summed E-state index contributed by atoms with van der Waals surface area (Å²) in [5.74, 6) is 0.0188. The van der Waals surface area contributed by atoms with Crippen molar-refractivity contribution in [1.29, 1.82) is 0 Å². The van der Waals surface area contributed by atoms with E-state index in [2.05, 4.69) is 6.92 Å². The molecule has 0 unspecified atom stereocenters. The maximum Gasteiger partial charge on any atom is 0.306 e. The molecule has 1 rings (SSSR count). The fourth-order valence-electron chi connectivity index (χ4n) is 2.05. The van der Waals surface area contributed by atoms with Gasteiger partial charge in [-0.2, -0.15) is 0 Å². The molecular weight excluding hydrogens is 192 g/mol. The van der Waals surface area contributed by atoms with Crippen LogP contribution >= 0.6 is 0 Å². The summed E-state index contributed by atoms with van der Waals surface area (Å²) in [4.78, 5) is 11.5. The molecule has 0 saturated heterocycles. The Bertz CT molecular complexity index is 186. The highest BCUT2D eigenvalue weighted by atomic mass is 28.1. The Kier molecular flexibility index (Phi) is 4.65. The summed E-state index contributed by atoms with van der Waals surface area (Å²) in [6, 6.07) is 1.20. The SMILES string of the molecule is CC1(OC(=O)CCC[SiH3])CCCCC1. The second-order valence-electron chi connectivity index (χ2n) is 4.59. The van der Waals surface area contributed by atoms with Gasteiger partial charge in [0.2, 0.25) is 0 Å². The predicted molar refractivity (Wildman–Crippen MR) is 61.6 cm³/mol.